The van der Waals surface area contributed by atoms with Crippen molar-refractivity contribution < 1.29 is 9.59 Å². The van der Waals surface area contributed by atoms with Gasteiger partial charge in [0.1, 0.15) is 12.1 Å². The maximum atomic E-state index is 12.8. The van der Waals surface area contributed by atoms with Crippen LogP contribution in [0.2, 0.25) is 0 Å². The van der Waals surface area contributed by atoms with Gasteiger partial charge in [-0.25, -0.2) is 0 Å². The highest BCUT2D eigenvalue weighted by atomic mass is 32.1. The van der Waals surface area contributed by atoms with Crippen molar-refractivity contribution in [2.24, 2.45) is 5.41 Å². The van der Waals surface area contributed by atoms with Crippen molar-refractivity contribution in [2.75, 3.05) is 0 Å². The largest absolute Gasteiger partial charge is 0.342 e. The van der Waals surface area contributed by atoms with E-state index in [1.165, 1.54) is 0 Å². The normalized spacial score (nSPS) is 23.3. The fraction of sp³-hybridized carbons (Fsp3) is 0.625. The molecule has 0 spiro atoms. The maximum Gasteiger partial charge on any atom is 0.246 e. The van der Waals surface area contributed by atoms with E-state index in [-0.39, 0.29) is 23.3 Å². The zero-order chi connectivity index (χ0) is 15.6. The summed E-state index contributed by atoms with van der Waals surface area (Å²) < 4.78 is 0. The number of piperazine rings is 1. The molecule has 1 aliphatic heterocycles. The maximum absolute atomic E-state index is 12.8. The molecule has 2 amide bonds. The highest BCUT2D eigenvalue weighted by Crippen LogP contribution is 2.27. The number of thiophene rings is 1. The molecule has 1 aromatic rings. The quantitative estimate of drug-likeness (QED) is 0.930. The first kappa shape index (κ1) is 16.0. The van der Waals surface area contributed by atoms with Crippen molar-refractivity contribution in [3.05, 3.63) is 22.4 Å². The summed E-state index contributed by atoms with van der Waals surface area (Å²) in [4.78, 5) is 27.0. The van der Waals surface area contributed by atoms with E-state index in [0.717, 1.165) is 12.0 Å². The van der Waals surface area contributed by atoms with Gasteiger partial charge in [-0.1, -0.05) is 34.1 Å². The number of carbonyl (C=O) groups excluding carboxylic acids is 2. The molecule has 1 fully saturated rings. The summed E-state index contributed by atoms with van der Waals surface area (Å²) in [6, 6.07) is 1.22. The van der Waals surface area contributed by atoms with Gasteiger partial charge < -0.3 is 10.2 Å². The summed E-state index contributed by atoms with van der Waals surface area (Å²) in [5, 5.41) is 6.96. The van der Waals surface area contributed by atoms with Crippen molar-refractivity contribution in [3.63, 3.8) is 0 Å². The molecular formula is C16H24N2O2S. The van der Waals surface area contributed by atoms with Crippen LogP contribution in [0.5, 0.6) is 0 Å². The standard InChI is InChI=1S/C16H24N2O2S/c1-5-6-12-14(19)17-13(16(2,3)4)15(20)18(12)9-11-7-8-21-10-11/h7-8,10,12-13H,5-6,9H2,1-4H3,(H,17,19). The average Bonchev–Trinajstić information content (AvgIpc) is 2.89. The Bertz CT molecular complexity index is 505. The second-order valence-electron chi connectivity index (χ2n) is 6.71. The fourth-order valence-corrected chi connectivity index (χ4v) is 3.34. The Hall–Kier alpha value is -1.36. The van der Waals surface area contributed by atoms with Crippen LogP contribution in [-0.4, -0.2) is 28.8 Å². The Morgan fingerprint density at radius 1 is 1.33 bits per heavy atom. The third-order valence-electron chi connectivity index (χ3n) is 3.86. The number of hydrogen-bond acceptors (Lipinski definition) is 3. The number of amides is 2. The second-order valence-corrected chi connectivity index (χ2v) is 7.49. The molecule has 1 saturated heterocycles. The van der Waals surface area contributed by atoms with Gasteiger partial charge in [-0.15, -0.1) is 0 Å². The highest BCUT2D eigenvalue weighted by Gasteiger charge is 2.44. The summed E-state index contributed by atoms with van der Waals surface area (Å²) in [5.41, 5.74) is 0.813. The smallest absolute Gasteiger partial charge is 0.246 e. The number of carbonyl (C=O) groups is 2. The van der Waals surface area contributed by atoms with Crippen molar-refractivity contribution in [1.82, 2.24) is 10.2 Å². The van der Waals surface area contributed by atoms with Crippen LogP contribution >= 0.6 is 11.3 Å². The van der Waals surface area contributed by atoms with E-state index in [1.54, 1.807) is 16.2 Å². The molecule has 0 radical (unpaired) electrons. The van der Waals surface area contributed by atoms with Crippen LogP contribution in [0.4, 0.5) is 0 Å². The summed E-state index contributed by atoms with van der Waals surface area (Å²) in [6.45, 7) is 8.51. The fourth-order valence-electron chi connectivity index (χ4n) is 2.68. The molecule has 0 bridgehead atoms. The van der Waals surface area contributed by atoms with Crippen LogP contribution < -0.4 is 5.32 Å². The summed E-state index contributed by atoms with van der Waals surface area (Å²) in [7, 11) is 0. The van der Waals surface area contributed by atoms with Crippen LogP contribution in [0.3, 0.4) is 0 Å². The average molecular weight is 308 g/mol. The van der Waals surface area contributed by atoms with Crippen molar-refractivity contribution >= 4 is 23.2 Å². The number of hydrogen-bond donors (Lipinski definition) is 1. The van der Waals surface area contributed by atoms with Crippen LogP contribution in [0.1, 0.15) is 46.1 Å². The lowest BCUT2D eigenvalue weighted by atomic mass is 9.83. The molecule has 0 aliphatic carbocycles. The molecule has 116 valence electrons. The molecule has 1 N–H and O–H groups in total. The van der Waals surface area contributed by atoms with Crippen LogP contribution in [0, 0.1) is 5.41 Å². The topological polar surface area (TPSA) is 49.4 Å². The van der Waals surface area contributed by atoms with Gasteiger partial charge in [0.2, 0.25) is 11.8 Å². The minimum Gasteiger partial charge on any atom is -0.342 e. The molecule has 2 heterocycles. The number of nitrogens with one attached hydrogen (secondary N) is 1. The van der Waals surface area contributed by atoms with Gasteiger partial charge in [0.25, 0.3) is 0 Å². The minimum atomic E-state index is -0.447. The predicted molar refractivity (Wildman–Crippen MR) is 85.0 cm³/mol. The highest BCUT2D eigenvalue weighted by molar-refractivity contribution is 7.07. The first-order valence-electron chi connectivity index (χ1n) is 7.46. The Balaban J connectivity index is 2.28. The molecule has 1 aliphatic rings. The van der Waals surface area contributed by atoms with Crippen molar-refractivity contribution in [2.45, 2.75) is 59.2 Å². The lowest BCUT2D eigenvalue weighted by molar-refractivity contribution is -0.153. The van der Waals surface area contributed by atoms with E-state index in [2.05, 4.69) is 5.32 Å². The number of nitrogens with zero attached hydrogens (tertiary/aromatic N) is 1. The zero-order valence-electron chi connectivity index (χ0n) is 13.2. The van der Waals surface area contributed by atoms with Gasteiger partial charge >= 0.3 is 0 Å². The monoisotopic (exact) mass is 308 g/mol. The zero-order valence-corrected chi connectivity index (χ0v) is 14.0. The molecule has 0 aromatic carbocycles. The minimum absolute atomic E-state index is 0.0217. The van der Waals surface area contributed by atoms with Crippen LogP contribution in [-0.2, 0) is 16.1 Å². The van der Waals surface area contributed by atoms with Crippen LogP contribution in [0.25, 0.3) is 0 Å². The Labute approximate surface area is 130 Å². The Morgan fingerprint density at radius 3 is 2.57 bits per heavy atom. The molecule has 4 nitrogen and oxygen atoms in total. The molecule has 2 unspecified atom stereocenters. The molecule has 5 heteroatoms. The third-order valence-corrected chi connectivity index (χ3v) is 4.59. The van der Waals surface area contributed by atoms with Gasteiger partial charge in [0, 0.05) is 6.54 Å². The van der Waals surface area contributed by atoms with E-state index in [4.69, 9.17) is 0 Å². The van der Waals surface area contributed by atoms with Gasteiger partial charge in [-0.05, 0) is 34.2 Å². The predicted octanol–water partition coefficient (Wildman–Crippen LogP) is 2.79. The van der Waals surface area contributed by atoms with E-state index < -0.39 is 6.04 Å². The Kier molecular flexibility index (Phi) is 4.71. The summed E-state index contributed by atoms with van der Waals surface area (Å²) in [6.07, 6.45) is 1.59. The van der Waals surface area contributed by atoms with Gasteiger partial charge in [0.05, 0.1) is 0 Å². The van der Waals surface area contributed by atoms with Gasteiger partial charge in [0.15, 0.2) is 0 Å². The Morgan fingerprint density at radius 2 is 2.05 bits per heavy atom. The lowest BCUT2D eigenvalue weighted by Crippen LogP contribution is -2.66. The molecule has 2 atom stereocenters. The van der Waals surface area contributed by atoms with Crippen molar-refractivity contribution in [3.8, 4) is 0 Å². The van der Waals surface area contributed by atoms with Crippen molar-refractivity contribution in [1.29, 1.82) is 0 Å². The lowest BCUT2D eigenvalue weighted by Gasteiger charge is -2.43. The molecule has 21 heavy (non-hydrogen) atoms. The number of rotatable bonds is 4. The van der Waals surface area contributed by atoms with Gasteiger partial charge in [-0.2, -0.15) is 11.3 Å². The molecule has 1 aromatic heterocycles. The molecule has 0 saturated carbocycles. The van der Waals surface area contributed by atoms with E-state index >= 15 is 0 Å². The SMILES string of the molecule is CCCC1C(=O)NC(C(C)(C)C)C(=O)N1Cc1ccsc1. The summed E-state index contributed by atoms with van der Waals surface area (Å²) in [5.74, 6) is 0.0124. The van der Waals surface area contributed by atoms with E-state index in [1.807, 2.05) is 44.5 Å². The third kappa shape index (κ3) is 3.46. The summed E-state index contributed by atoms with van der Waals surface area (Å²) >= 11 is 1.61. The molecular weight excluding hydrogens is 284 g/mol. The van der Waals surface area contributed by atoms with E-state index in [9.17, 15) is 9.59 Å². The van der Waals surface area contributed by atoms with E-state index in [0.29, 0.717) is 13.0 Å². The molecule has 2 rings (SSSR count). The van der Waals surface area contributed by atoms with Crippen LogP contribution in [0.15, 0.2) is 16.8 Å². The first-order valence-corrected chi connectivity index (χ1v) is 8.40. The first-order chi connectivity index (χ1) is 9.84. The second kappa shape index (κ2) is 6.18. The van der Waals surface area contributed by atoms with Gasteiger partial charge in [-0.3, -0.25) is 9.59 Å².